The van der Waals surface area contributed by atoms with Crippen molar-refractivity contribution in [3.05, 3.63) is 41.6 Å². The minimum absolute atomic E-state index is 0.149. The van der Waals surface area contributed by atoms with Crippen LogP contribution in [0.25, 0.3) is 0 Å². The van der Waals surface area contributed by atoms with E-state index >= 15 is 0 Å². The molecule has 1 fully saturated rings. The number of anilines is 2. The molecule has 0 bridgehead atoms. The SMILES string of the molecule is Cc1cc(NC(=O)c2ccc(N3CCCCC3=O)cc2)n[nH]1. The molecule has 0 spiro atoms. The molecule has 1 aliphatic rings. The summed E-state index contributed by atoms with van der Waals surface area (Å²) in [5.74, 6) is 0.427. The topological polar surface area (TPSA) is 78.1 Å². The number of rotatable bonds is 3. The lowest BCUT2D eigenvalue weighted by atomic mass is 10.1. The van der Waals surface area contributed by atoms with E-state index in [1.165, 1.54) is 0 Å². The number of nitrogens with zero attached hydrogens (tertiary/aromatic N) is 2. The first-order valence-electron chi connectivity index (χ1n) is 7.37. The van der Waals surface area contributed by atoms with Crippen LogP contribution < -0.4 is 10.2 Å². The maximum atomic E-state index is 12.1. The van der Waals surface area contributed by atoms with Crippen LogP contribution in [0, 0.1) is 6.92 Å². The molecule has 2 N–H and O–H groups in total. The van der Waals surface area contributed by atoms with E-state index < -0.39 is 0 Å². The van der Waals surface area contributed by atoms with Crippen molar-refractivity contribution < 1.29 is 9.59 Å². The molecule has 0 atom stereocenters. The normalized spacial score (nSPS) is 15.0. The van der Waals surface area contributed by atoms with Gasteiger partial charge in [0.05, 0.1) is 0 Å². The fraction of sp³-hybridized carbons (Fsp3) is 0.312. The van der Waals surface area contributed by atoms with Crippen LogP contribution in [0.3, 0.4) is 0 Å². The fourth-order valence-electron chi connectivity index (χ4n) is 2.54. The number of benzene rings is 1. The molecule has 0 radical (unpaired) electrons. The third-order valence-corrected chi connectivity index (χ3v) is 3.71. The Hall–Kier alpha value is -2.63. The van der Waals surface area contributed by atoms with Gasteiger partial charge in [-0.2, -0.15) is 5.10 Å². The highest BCUT2D eigenvalue weighted by molar-refractivity contribution is 6.04. The summed E-state index contributed by atoms with van der Waals surface area (Å²) in [5.41, 5.74) is 2.26. The lowest BCUT2D eigenvalue weighted by Gasteiger charge is -2.26. The van der Waals surface area contributed by atoms with E-state index in [0.717, 1.165) is 30.8 Å². The first kappa shape index (κ1) is 14.3. The summed E-state index contributed by atoms with van der Waals surface area (Å²) in [6, 6.07) is 8.85. The van der Waals surface area contributed by atoms with Gasteiger partial charge in [0.1, 0.15) is 0 Å². The van der Waals surface area contributed by atoms with Crippen molar-refractivity contribution in [2.75, 3.05) is 16.8 Å². The molecule has 6 heteroatoms. The molecule has 22 heavy (non-hydrogen) atoms. The van der Waals surface area contributed by atoms with Gasteiger partial charge in [-0.25, -0.2) is 0 Å². The van der Waals surface area contributed by atoms with E-state index in [0.29, 0.717) is 17.8 Å². The van der Waals surface area contributed by atoms with Crippen molar-refractivity contribution in [2.24, 2.45) is 0 Å². The van der Waals surface area contributed by atoms with Crippen LogP contribution in [-0.2, 0) is 4.79 Å². The second-order valence-electron chi connectivity index (χ2n) is 5.44. The van der Waals surface area contributed by atoms with Crippen LogP contribution in [0.2, 0.25) is 0 Å². The predicted molar refractivity (Wildman–Crippen MR) is 83.9 cm³/mol. The number of hydrogen-bond acceptors (Lipinski definition) is 3. The second kappa shape index (κ2) is 6.01. The quantitative estimate of drug-likeness (QED) is 0.913. The largest absolute Gasteiger partial charge is 0.312 e. The highest BCUT2D eigenvalue weighted by atomic mass is 16.2. The molecular formula is C16H18N4O2. The average molecular weight is 298 g/mol. The number of aromatic amines is 1. The van der Waals surface area contributed by atoms with E-state index in [1.807, 2.05) is 19.1 Å². The summed E-state index contributed by atoms with van der Waals surface area (Å²) in [4.78, 5) is 25.8. The van der Waals surface area contributed by atoms with Gasteiger partial charge in [0.2, 0.25) is 5.91 Å². The van der Waals surface area contributed by atoms with Gasteiger partial charge in [0.25, 0.3) is 5.91 Å². The maximum absolute atomic E-state index is 12.1. The number of piperidine rings is 1. The molecule has 0 aliphatic carbocycles. The van der Waals surface area contributed by atoms with Crippen molar-refractivity contribution in [3.8, 4) is 0 Å². The van der Waals surface area contributed by atoms with Gasteiger partial charge in [-0.15, -0.1) is 0 Å². The van der Waals surface area contributed by atoms with Gasteiger partial charge in [0, 0.05) is 36.0 Å². The van der Waals surface area contributed by atoms with E-state index in [9.17, 15) is 9.59 Å². The summed E-state index contributed by atoms with van der Waals surface area (Å²) < 4.78 is 0. The van der Waals surface area contributed by atoms with Crippen LogP contribution in [-0.4, -0.2) is 28.6 Å². The first-order valence-corrected chi connectivity index (χ1v) is 7.37. The summed E-state index contributed by atoms with van der Waals surface area (Å²) in [5, 5.41) is 9.47. The van der Waals surface area contributed by atoms with Crippen LogP contribution in [0.4, 0.5) is 11.5 Å². The Morgan fingerprint density at radius 2 is 2.05 bits per heavy atom. The average Bonchev–Trinajstić information content (AvgIpc) is 2.93. The van der Waals surface area contributed by atoms with Gasteiger partial charge in [-0.05, 0) is 44.0 Å². The number of amides is 2. The first-order chi connectivity index (χ1) is 10.6. The van der Waals surface area contributed by atoms with Crippen molar-refractivity contribution in [3.63, 3.8) is 0 Å². The Labute approximate surface area is 128 Å². The Morgan fingerprint density at radius 1 is 1.27 bits per heavy atom. The van der Waals surface area contributed by atoms with Gasteiger partial charge in [-0.3, -0.25) is 14.7 Å². The fourth-order valence-corrected chi connectivity index (χ4v) is 2.54. The van der Waals surface area contributed by atoms with Crippen molar-refractivity contribution >= 4 is 23.3 Å². The Kier molecular flexibility index (Phi) is 3.91. The molecular weight excluding hydrogens is 280 g/mol. The van der Waals surface area contributed by atoms with Crippen LogP contribution in [0.1, 0.15) is 35.3 Å². The van der Waals surface area contributed by atoms with Gasteiger partial charge in [0.15, 0.2) is 5.82 Å². The lowest BCUT2D eigenvalue weighted by molar-refractivity contribution is -0.119. The third-order valence-electron chi connectivity index (χ3n) is 3.71. The summed E-state index contributed by atoms with van der Waals surface area (Å²) in [6.07, 6.45) is 2.58. The molecule has 2 heterocycles. The molecule has 6 nitrogen and oxygen atoms in total. The van der Waals surface area contributed by atoms with E-state index in [4.69, 9.17) is 0 Å². The Morgan fingerprint density at radius 3 is 2.68 bits per heavy atom. The minimum Gasteiger partial charge on any atom is -0.312 e. The maximum Gasteiger partial charge on any atom is 0.256 e. The molecule has 114 valence electrons. The summed E-state index contributed by atoms with van der Waals surface area (Å²) in [6.45, 7) is 2.62. The van der Waals surface area contributed by atoms with Crippen molar-refractivity contribution in [1.82, 2.24) is 10.2 Å². The van der Waals surface area contributed by atoms with Crippen molar-refractivity contribution in [1.29, 1.82) is 0 Å². The molecule has 1 aromatic carbocycles. The molecule has 2 amide bonds. The highest BCUT2D eigenvalue weighted by Crippen LogP contribution is 2.21. The van der Waals surface area contributed by atoms with E-state index in [2.05, 4.69) is 15.5 Å². The Balaban J connectivity index is 1.70. The van der Waals surface area contributed by atoms with Gasteiger partial charge < -0.3 is 10.2 Å². The number of aromatic nitrogens is 2. The van der Waals surface area contributed by atoms with Crippen LogP contribution in [0.15, 0.2) is 30.3 Å². The monoisotopic (exact) mass is 298 g/mol. The Bertz CT molecular complexity index is 690. The smallest absolute Gasteiger partial charge is 0.256 e. The molecule has 2 aromatic rings. The zero-order chi connectivity index (χ0) is 15.5. The number of aryl methyl sites for hydroxylation is 1. The molecule has 1 saturated heterocycles. The molecule has 1 aromatic heterocycles. The molecule has 0 saturated carbocycles. The number of H-pyrrole nitrogens is 1. The zero-order valence-corrected chi connectivity index (χ0v) is 12.4. The number of nitrogens with one attached hydrogen (secondary N) is 2. The molecule has 1 aliphatic heterocycles. The van der Waals surface area contributed by atoms with Gasteiger partial charge >= 0.3 is 0 Å². The number of carbonyl (C=O) groups is 2. The molecule has 0 unspecified atom stereocenters. The summed E-state index contributed by atoms with van der Waals surface area (Å²) >= 11 is 0. The minimum atomic E-state index is -0.219. The standard InChI is InChI=1S/C16H18N4O2/c1-11-10-14(19-18-11)17-16(22)12-5-7-13(8-6-12)20-9-3-2-4-15(20)21/h5-8,10H,2-4,9H2,1H3,(H2,17,18,19,22). The summed E-state index contributed by atoms with van der Waals surface area (Å²) in [7, 11) is 0. The highest BCUT2D eigenvalue weighted by Gasteiger charge is 2.19. The van der Waals surface area contributed by atoms with E-state index in [-0.39, 0.29) is 11.8 Å². The number of hydrogen-bond donors (Lipinski definition) is 2. The molecule has 3 rings (SSSR count). The van der Waals surface area contributed by atoms with Crippen molar-refractivity contribution in [2.45, 2.75) is 26.2 Å². The van der Waals surface area contributed by atoms with E-state index in [1.54, 1.807) is 23.1 Å². The second-order valence-corrected chi connectivity index (χ2v) is 5.44. The zero-order valence-electron chi connectivity index (χ0n) is 12.4. The van der Waals surface area contributed by atoms with Crippen LogP contribution >= 0.6 is 0 Å². The number of carbonyl (C=O) groups excluding carboxylic acids is 2. The lowest BCUT2D eigenvalue weighted by Crippen LogP contribution is -2.35. The third kappa shape index (κ3) is 3.00. The predicted octanol–water partition coefficient (Wildman–Crippen LogP) is 2.49. The van der Waals surface area contributed by atoms with Crippen LogP contribution in [0.5, 0.6) is 0 Å². The van der Waals surface area contributed by atoms with Gasteiger partial charge in [-0.1, -0.05) is 0 Å².